The highest BCUT2D eigenvalue weighted by atomic mass is 16.6. The number of carbonyl (C=O) groups excluding carboxylic acids is 1. The molecule has 0 saturated heterocycles. The van der Waals surface area contributed by atoms with Gasteiger partial charge in [0.2, 0.25) is 0 Å². The number of carbonyl (C=O) groups is 1. The molecule has 2 atom stereocenters. The van der Waals surface area contributed by atoms with Crippen molar-refractivity contribution in [1.82, 2.24) is 5.32 Å². The first-order valence-corrected chi connectivity index (χ1v) is 6.18. The number of nitrogens with one attached hydrogen (secondary N) is 1. The van der Waals surface area contributed by atoms with Gasteiger partial charge in [0.15, 0.2) is 0 Å². The van der Waals surface area contributed by atoms with Gasteiger partial charge in [0.25, 0.3) is 0 Å². The largest absolute Gasteiger partial charge is 0.444 e. The summed E-state index contributed by atoms with van der Waals surface area (Å²) in [5, 5.41) is 12.6. The number of benzene rings is 1. The second kappa shape index (κ2) is 6.38. The fourth-order valence-electron chi connectivity index (χ4n) is 1.60. The van der Waals surface area contributed by atoms with Gasteiger partial charge in [0.1, 0.15) is 5.60 Å². The molecule has 4 nitrogen and oxygen atoms in total. The lowest BCUT2D eigenvalue weighted by molar-refractivity contribution is 0.0454. The Kier molecular flexibility index (Phi) is 5.12. The minimum atomic E-state index is -0.880. The maximum absolute atomic E-state index is 11.8. The average Bonchev–Trinajstić information content (AvgIpc) is 2.34. The lowest BCUT2D eigenvalue weighted by Crippen LogP contribution is -2.39. The minimum absolute atomic E-state index is 0.567. The Hall–Kier alpha value is -1.81. The van der Waals surface area contributed by atoms with Crippen molar-refractivity contribution in [3.63, 3.8) is 0 Å². The predicted molar refractivity (Wildman–Crippen MR) is 74.8 cm³/mol. The molecule has 0 aromatic heterocycles. The molecule has 0 aliphatic rings. The molecule has 0 spiro atoms. The van der Waals surface area contributed by atoms with Gasteiger partial charge in [0.05, 0.1) is 12.1 Å². The highest BCUT2D eigenvalue weighted by Crippen LogP contribution is 2.18. The van der Waals surface area contributed by atoms with Crippen LogP contribution in [0.1, 0.15) is 32.4 Å². The monoisotopic (exact) mass is 263 g/mol. The second-order valence-electron chi connectivity index (χ2n) is 5.26. The molecule has 0 saturated carbocycles. The second-order valence-corrected chi connectivity index (χ2v) is 5.26. The molecule has 1 aromatic carbocycles. The van der Waals surface area contributed by atoms with Gasteiger partial charge in [-0.05, 0) is 26.3 Å². The molecule has 1 rings (SSSR count). The van der Waals surface area contributed by atoms with Crippen LogP contribution in [0, 0.1) is 0 Å². The maximum atomic E-state index is 11.8. The molecule has 0 bridgehead atoms. The van der Waals surface area contributed by atoms with Gasteiger partial charge in [-0.2, -0.15) is 0 Å². The lowest BCUT2D eigenvalue weighted by atomic mass is 10.0. The molecule has 104 valence electrons. The summed E-state index contributed by atoms with van der Waals surface area (Å²) in [6, 6.07) is 8.63. The summed E-state index contributed by atoms with van der Waals surface area (Å²) < 4.78 is 5.19. The van der Waals surface area contributed by atoms with Crippen molar-refractivity contribution in [3.8, 4) is 0 Å². The van der Waals surface area contributed by atoms with Gasteiger partial charge < -0.3 is 15.2 Å². The third-order valence-corrected chi connectivity index (χ3v) is 2.41. The Bertz CT molecular complexity index is 423. The summed E-state index contributed by atoms with van der Waals surface area (Å²) in [6.45, 7) is 8.90. The van der Waals surface area contributed by atoms with Gasteiger partial charge in [-0.15, -0.1) is 6.58 Å². The molecule has 2 N–H and O–H groups in total. The zero-order chi connectivity index (χ0) is 14.5. The number of rotatable bonds is 4. The van der Waals surface area contributed by atoms with Gasteiger partial charge in [-0.1, -0.05) is 36.4 Å². The van der Waals surface area contributed by atoms with Crippen LogP contribution in [0.4, 0.5) is 4.79 Å². The molecule has 0 radical (unpaired) electrons. The molecule has 1 unspecified atom stereocenters. The molecule has 19 heavy (non-hydrogen) atoms. The van der Waals surface area contributed by atoms with Gasteiger partial charge in [-0.25, -0.2) is 4.79 Å². The zero-order valence-electron chi connectivity index (χ0n) is 11.6. The fraction of sp³-hybridized carbons (Fsp3) is 0.400. The first kappa shape index (κ1) is 15.2. The first-order valence-electron chi connectivity index (χ1n) is 6.18. The van der Waals surface area contributed by atoms with Gasteiger partial charge >= 0.3 is 6.09 Å². The van der Waals surface area contributed by atoms with Crippen molar-refractivity contribution < 1.29 is 14.6 Å². The zero-order valence-corrected chi connectivity index (χ0v) is 11.6. The smallest absolute Gasteiger partial charge is 0.408 e. The van der Waals surface area contributed by atoms with Crippen LogP contribution in [0.25, 0.3) is 0 Å². The summed E-state index contributed by atoms with van der Waals surface area (Å²) in [5.74, 6) is 0. The SMILES string of the molecule is C=CC(O)[C@@H](NC(=O)OC(C)(C)C)c1ccccc1. The quantitative estimate of drug-likeness (QED) is 0.821. The average molecular weight is 263 g/mol. The van der Waals surface area contributed by atoms with E-state index in [1.807, 2.05) is 30.3 Å². The summed E-state index contributed by atoms with van der Waals surface area (Å²) in [5.41, 5.74) is 0.213. The van der Waals surface area contributed by atoms with E-state index >= 15 is 0 Å². The van der Waals surface area contributed by atoms with E-state index in [1.165, 1.54) is 6.08 Å². The number of alkyl carbamates (subject to hydrolysis) is 1. The van der Waals surface area contributed by atoms with Crippen LogP contribution in [0.15, 0.2) is 43.0 Å². The summed E-state index contributed by atoms with van der Waals surface area (Å²) in [6.07, 6.45) is -0.0631. The predicted octanol–water partition coefficient (Wildman–Crippen LogP) is 2.80. The highest BCUT2D eigenvalue weighted by molar-refractivity contribution is 5.68. The molecular weight excluding hydrogens is 242 g/mol. The third-order valence-electron chi connectivity index (χ3n) is 2.41. The van der Waals surface area contributed by atoms with E-state index in [9.17, 15) is 9.90 Å². The minimum Gasteiger partial charge on any atom is -0.444 e. The van der Waals surface area contributed by atoms with Crippen molar-refractivity contribution in [2.24, 2.45) is 0 Å². The van der Waals surface area contributed by atoms with E-state index in [4.69, 9.17) is 4.74 Å². The number of hydrogen-bond acceptors (Lipinski definition) is 3. The Morgan fingerprint density at radius 3 is 2.42 bits per heavy atom. The standard InChI is InChI=1S/C15H21NO3/c1-5-12(17)13(11-9-7-6-8-10-11)16-14(18)19-15(2,3)4/h5-10,12-13,17H,1H2,2-4H3,(H,16,18)/t12?,13-/m0/s1. The van der Waals surface area contributed by atoms with Crippen LogP contribution < -0.4 is 5.32 Å². The van der Waals surface area contributed by atoms with Crippen molar-refractivity contribution in [3.05, 3.63) is 48.6 Å². The lowest BCUT2D eigenvalue weighted by Gasteiger charge is -2.25. The topological polar surface area (TPSA) is 58.6 Å². The molecule has 0 fully saturated rings. The Balaban J connectivity index is 2.82. The van der Waals surface area contributed by atoms with Crippen molar-refractivity contribution in [2.75, 3.05) is 0 Å². The van der Waals surface area contributed by atoms with E-state index in [-0.39, 0.29) is 0 Å². The maximum Gasteiger partial charge on any atom is 0.408 e. The van der Waals surface area contributed by atoms with Crippen molar-refractivity contribution in [2.45, 2.75) is 38.5 Å². The molecule has 4 heteroatoms. The van der Waals surface area contributed by atoms with Crippen LogP contribution in [0.2, 0.25) is 0 Å². The number of hydrogen-bond donors (Lipinski definition) is 2. The molecular formula is C15H21NO3. The van der Waals surface area contributed by atoms with Crippen molar-refractivity contribution in [1.29, 1.82) is 0 Å². The highest BCUT2D eigenvalue weighted by Gasteiger charge is 2.24. The molecule has 0 aliphatic carbocycles. The van der Waals surface area contributed by atoms with Gasteiger partial charge in [-0.3, -0.25) is 0 Å². The third kappa shape index (κ3) is 5.14. The number of amides is 1. The number of aliphatic hydroxyl groups excluding tert-OH is 1. The van der Waals surface area contributed by atoms with Crippen LogP contribution in [0.5, 0.6) is 0 Å². The summed E-state index contributed by atoms with van der Waals surface area (Å²) >= 11 is 0. The van der Waals surface area contributed by atoms with E-state index in [2.05, 4.69) is 11.9 Å². The van der Waals surface area contributed by atoms with Crippen LogP contribution in [0.3, 0.4) is 0 Å². The Labute approximate surface area is 114 Å². The molecule has 1 amide bonds. The summed E-state index contributed by atoms with van der Waals surface area (Å²) in [4.78, 5) is 11.8. The normalized spacial score (nSPS) is 14.3. The molecule has 0 heterocycles. The first-order chi connectivity index (χ1) is 8.83. The number of ether oxygens (including phenoxy) is 1. The van der Waals surface area contributed by atoms with E-state index < -0.39 is 23.8 Å². The van der Waals surface area contributed by atoms with Crippen LogP contribution >= 0.6 is 0 Å². The molecule has 0 aliphatic heterocycles. The van der Waals surface area contributed by atoms with E-state index in [1.54, 1.807) is 20.8 Å². The Morgan fingerprint density at radius 2 is 1.95 bits per heavy atom. The van der Waals surface area contributed by atoms with E-state index in [0.717, 1.165) is 5.56 Å². The molecule has 1 aromatic rings. The van der Waals surface area contributed by atoms with E-state index in [0.29, 0.717) is 0 Å². The van der Waals surface area contributed by atoms with Gasteiger partial charge in [0, 0.05) is 0 Å². The van der Waals surface area contributed by atoms with Crippen molar-refractivity contribution >= 4 is 6.09 Å². The van der Waals surface area contributed by atoms with Crippen LogP contribution in [-0.4, -0.2) is 22.9 Å². The Morgan fingerprint density at radius 1 is 1.37 bits per heavy atom. The number of aliphatic hydroxyl groups is 1. The fourth-order valence-corrected chi connectivity index (χ4v) is 1.60. The van der Waals surface area contributed by atoms with Crippen LogP contribution in [-0.2, 0) is 4.74 Å². The summed E-state index contributed by atoms with van der Waals surface area (Å²) in [7, 11) is 0.